The van der Waals surface area contributed by atoms with Crippen LogP contribution in [0.25, 0.3) is 0 Å². The molecule has 0 aromatic heterocycles. The van der Waals surface area contributed by atoms with E-state index in [9.17, 15) is 4.39 Å². The minimum atomic E-state index is -0.193. The minimum absolute atomic E-state index is 0.0914. The van der Waals surface area contributed by atoms with E-state index in [0.29, 0.717) is 0 Å². The van der Waals surface area contributed by atoms with Gasteiger partial charge in [0, 0.05) is 10.0 Å². The Hall–Kier alpha value is -0.410. The van der Waals surface area contributed by atoms with Gasteiger partial charge in [-0.2, -0.15) is 0 Å². The van der Waals surface area contributed by atoms with Gasteiger partial charge in [-0.15, -0.1) is 0 Å². The zero-order chi connectivity index (χ0) is 13.5. The van der Waals surface area contributed by atoms with Crippen LogP contribution in [0.1, 0.15) is 44.1 Å². The van der Waals surface area contributed by atoms with Gasteiger partial charge in [0.2, 0.25) is 0 Å². The lowest BCUT2D eigenvalue weighted by Crippen LogP contribution is -2.46. The summed E-state index contributed by atoms with van der Waals surface area (Å²) in [4.78, 5) is 0. The van der Waals surface area contributed by atoms with Crippen molar-refractivity contribution in [1.82, 2.24) is 0 Å². The topological polar surface area (TPSA) is 26.0 Å². The van der Waals surface area contributed by atoms with Crippen LogP contribution in [0.15, 0.2) is 22.7 Å². The lowest BCUT2D eigenvalue weighted by molar-refractivity contribution is 0.204. The van der Waals surface area contributed by atoms with Crippen LogP contribution in [0.3, 0.4) is 0 Å². The maximum absolute atomic E-state index is 13.1. The van der Waals surface area contributed by atoms with Gasteiger partial charge < -0.3 is 5.73 Å². The quantitative estimate of drug-likeness (QED) is 0.874. The maximum atomic E-state index is 13.1. The SMILES string of the molecule is NC1(Cc2ccc(F)cc2Br)CCCC(C2CC2)C1. The Morgan fingerprint density at radius 1 is 1.26 bits per heavy atom. The highest BCUT2D eigenvalue weighted by molar-refractivity contribution is 9.10. The number of halogens is 2. The Morgan fingerprint density at radius 2 is 2.05 bits per heavy atom. The summed E-state index contributed by atoms with van der Waals surface area (Å²) >= 11 is 3.46. The highest BCUT2D eigenvalue weighted by Crippen LogP contribution is 2.46. The Labute approximate surface area is 122 Å². The molecule has 1 aromatic carbocycles. The Bertz CT molecular complexity index is 472. The third-order valence-electron chi connectivity index (χ3n) is 4.76. The molecule has 2 atom stereocenters. The van der Waals surface area contributed by atoms with Crippen molar-refractivity contribution < 1.29 is 4.39 Å². The van der Waals surface area contributed by atoms with Gasteiger partial charge in [-0.05, 0) is 61.6 Å². The van der Waals surface area contributed by atoms with Crippen molar-refractivity contribution in [2.45, 2.75) is 50.5 Å². The third kappa shape index (κ3) is 3.19. The summed E-state index contributed by atoms with van der Waals surface area (Å²) in [5, 5.41) is 0. The number of hydrogen-bond acceptors (Lipinski definition) is 1. The number of hydrogen-bond donors (Lipinski definition) is 1. The number of benzene rings is 1. The molecule has 2 unspecified atom stereocenters. The van der Waals surface area contributed by atoms with Gasteiger partial charge in [0.15, 0.2) is 0 Å². The Kier molecular flexibility index (Phi) is 3.69. The molecule has 2 N–H and O–H groups in total. The smallest absolute Gasteiger partial charge is 0.124 e. The molecular weight excluding hydrogens is 305 g/mol. The fourth-order valence-corrected chi connectivity index (χ4v) is 4.11. The van der Waals surface area contributed by atoms with Crippen LogP contribution in [0.2, 0.25) is 0 Å². The van der Waals surface area contributed by atoms with Crippen LogP contribution in [0.4, 0.5) is 4.39 Å². The highest BCUT2D eigenvalue weighted by atomic mass is 79.9. The summed E-state index contributed by atoms with van der Waals surface area (Å²) in [7, 11) is 0. The van der Waals surface area contributed by atoms with Gasteiger partial charge >= 0.3 is 0 Å². The van der Waals surface area contributed by atoms with Gasteiger partial charge in [0.25, 0.3) is 0 Å². The first-order valence-electron chi connectivity index (χ1n) is 7.29. The lowest BCUT2D eigenvalue weighted by atomic mass is 9.72. The molecule has 0 aliphatic heterocycles. The zero-order valence-electron chi connectivity index (χ0n) is 11.2. The first-order chi connectivity index (χ1) is 9.06. The van der Waals surface area contributed by atoms with Crippen molar-refractivity contribution in [2.24, 2.45) is 17.6 Å². The minimum Gasteiger partial charge on any atom is -0.325 e. The Morgan fingerprint density at radius 3 is 2.74 bits per heavy atom. The van der Waals surface area contributed by atoms with Crippen LogP contribution in [-0.4, -0.2) is 5.54 Å². The molecule has 2 saturated carbocycles. The molecule has 2 fully saturated rings. The molecule has 0 amide bonds. The molecule has 2 aliphatic carbocycles. The van der Waals surface area contributed by atoms with Crippen molar-refractivity contribution in [2.75, 3.05) is 0 Å². The van der Waals surface area contributed by atoms with Crippen LogP contribution in [0, 0.1) is 17.7 Å². The van der Waals surface area contributed by atoms with E-state index in [1.165, 1.54) is 31.7 Å². The molecule has 0 spiro atoms. The molecule has 3 rings (SSSR count). The van der Waals surface area contributed by atoms with E-state index < -0.39 is 0 Å². The van der Waals surface area contributed by atoms with E-state index in [1.54, 1.807) is 6.07 Å². The highest BCUT2D eigenvalue weighted by Gasteiger charge is 2.40. The standard InChI is InChI=1S/C16H21BrFN/c17-15-8-14(18)6-5-13(15)10-16(19)7-1-2-12(9-16)11-3-4-11/h5-6,8,11-12H,1-4,7,9-10,19H2. The summed E-state index contributed by atoms with van der Waals surface area (Å²) in [6.07, 6.45) is 8.51. The summed E-state index contributed by atoms with van der Waals surface area (Å²) in [6, 6.07) is 4.94. The molecule has 104 valence electrons. The fourth-order valence-electron chi connectivity index (χ4n) is 3.62. The van der Waals surface area contributed by atoms with Crippen LogP contribution in [-0.2, 0) is 6.42 Å². The van der Waals surface area contributed by atoms with Crippen molar-refractivity contribution in [3.8, 4) is 0 Å². The summed E-state index contributed by atoms with van der Waals surface area (Å²) < 4.78 is 14.0. The molecule has 3 heteroatoms. The van der Waals surface area contributed by atoms with Gasteiger partial charge in [-0.1, -0.05) is 34.8 Å². The molecule has 2 aliphatic rings. The predicted octanol–water partition coefficient (Wildman–Crippen LogP) is 4.43. The van der Waals surface area contributed by atoms with Gasteiger partial charge in [-0.25, -0.2) is 4.39 Å². The molecular formula is C16H21BrFN. The van der Waals surface area contributed by atoms with Gasteiger partial charge in [-0.3, -0.25) is 0 Å². The van der Waals surface area contributed by atoms with Gasteiger partial charge in [0.1, 0.15) is 5.82 Å². The summed E-state index contributed by atoms with van der Waals surface area (Å²) in [6.45, 7) is 0. The largest absolute Gasteiger partial charge is 0.325 e. The first-order valence-corrected chi connectivity index (χ1v) is 8.08. The van der Waals surface area contributed by atoms with Crippen LogP contribution < -0.4 is 5.73 Å². The third-order valence-corrected chi connectivity index (χ3v) is 5.50. The molecule has 1 aromatic rings. The van der Waals surface area contributed by atoms with E-state index in [1.807, 2.05) is 6.07 Å². The fraction of sp³-hybridized carbons (Fsp3) is 0.625. The van der Waals surface area contributed by atoms with E-state index in [0.717, 1.165) is 41.1 Å². The second-order valence-electron chi connectivity index (χ2n) is 6.47. The Balaban J connectivity index is 1.73. The van der Waals surface area contributed by atoms with E-state index in [2.05, 4.69) is 15.9 Å². The lowest BCUT2D eigenvalue weighted by Gasteiger charge is -2.38. The van der Waals surface area contributed by atoms with E-state index in [-0.39, 0.29) is 11.4 Å². The molecule has 1 nitrogen and oxygen atoms in total. The van der Waals surface area contributed by atoms with Crippen molar-refractivity contribution in [3.63, 3.8) is 0 Å². The monoisotopic (exact) mass is 325 g/mol. The number of rotatable bonds is 3. The van der Waals surface area contributed by atoms with Crippen LogP contribution in [0.5, 0.6) is 0 Å². The summed E-state index contributed by atoms with van der Waals surface area (Å²) in [5.74, 6) is 1.58. The number of nitrogens with two attached hydrogens (primary N) is 1. The maximum Gasteiger partial charge on any atom is 0.124 e. The predicted molar refractivity (Wildman–Crippen MR) is 79.4 cm³/mol. The van der Waals surface area contributed by atoms with E-state index in [4.69, 9.17) is 5.73 Å². The first kappa shape index (κ1) is 13.6. The zero-order valence-corrected chi connectivity index (χ0v) is 12.8. The van der Waals surface area contributed by atoms with Crippen molar-refractivity contribution >= 4 is 15.9 Å². The van der Waals surface area contributed by atoms with Gasteiger partial charge in [0.05, 0.1) is 0 Å². The second kappa shape index (κ2) is 5.17. The summed E-state index contributed by atoms with van der Waals surface area (Å²) in [5.41, 5.74) is 7.69. The molecule has 0 heterocycles. The average molecular weight is 326 g/mol. The van der Waals surface area contributed by atoms with Crippen LogP contribution >= 0.6 is 15.9 Å². The van der Waals surface area contributed by atoms with E-state index >= 15 is 0 Å². The van der Waals surface area contributed by atoms with Crippen molar-refractivity contribution in [3.05, 3.63) is 34.1 Å². The molecule has 0 saturated heterocycles. The van der Waals surface area contributed by atoms with Crippen molar-refractivity contribution in [1.29, 1.82) is 0 Å². The average Bonchev–Trinajstić information content (AvgIpc) is 3.17. The second-order valence-corrected chi connectivity index (χ2v) is 7.32. The molecule has 0 bridgehead atoms. The molecule has 19 heavy (non-hydrogen) atoms. The normalized spacial score (nSPS) is 31.4. The molecule has 0 radical (unpaired) electrons.